The number of rotatable bonds is 4. The molecule has 1 aromatic rings. The Morgan fingerprint density at radius 3 is 2.88 bits per heavy atom. The summed E-state index contributed by atoms with van der Waals surface area (Å²) in [5.74, 6) is 0.822. The van der Waals surface area contributed by atoms with Crippen molar-refractivity contribution in [1.82, 2.24) is 5.32 Å². The van der Waals surface area contributed by atoms with E-state index in [1.54, 1.807) is 12.1 Å². The summed E-state index contributed by atoms with van der Waals surface area (Å²) in [6.45, 7) is 2.96. The predicted octanol–water partition coefficient (Wildman–Crippen LogP) is 2.48. The highest BCUT2D eigenvalue weighted by Crippen LogP contribution is 2.26. The van der Waals surface area contributed by atoms with E-state index in [4.69, 9.17) is 0 Å². The van der Waals surface area contributed by atoms with Crippen molar-refractivity contribution in [2.75, 3.05) is 0 Å². The van der Waals surface area contributed by atoms with Crippen molar-refractivity contribution >= 4 is 5.69 Å². The van der Waals surface area contributed by atoms with Crippen LogP contribution in [0.15, 0.2) is 24.3 Å². The molecule has 2 rings (SSSR count). The van der Waals surface area contributed by atoms with E-state index in [-0.39, 0.29) is 10.6 Å². The van der Waals surface area contributed by atoms with Crippen molar-refractivity contribution < 1.29 is 4.92 Å². The third-order valence-electron chi connectivity index (χ3n) is 3.09. The minimum atomic E-state index is -0.352. The zero-order chi connectivity index (χ0) is 11.5. The van der Waals surface area contributed by atoms with E-state index in [9.17, 15) is 10.1 Å². The third kappa shape index (κ3) is 2.58. The molecule has 0 spiro atoms. The van der Waals surface area contributed by atoms with Gasteiger partial charge in [0.2, 0.25) is 0 Å². The molecule has 0 radical (unpaired) electrons. The first-order chi connectivity index (χ1) is 7.65. The molecular formula is C12H16N2O2. The fourth-order valence-corrected chi connectivity index (χ4v) is 2.11. The molecule has 1 aromatic carbocycles. The van der Waals surface area contributed by atoms with Gasteiger partial charge < -0.3 is 5.32 Å². The second-order valence-corrected chi connectivity index (χ2v) is 4.58. The molecule has 1 aliphatic carbocycles. The van der Waals surface area contributed by atoms with Gasteiger partial charge in [0.25, 0.3) is 5.69 Å². The molecule has 0 heterocycles. The lowest BCUT2D eigenvalue weighted by atomic mass is 9.82. The van der Waals surface area contributed by atoms with Crippen LogP contribution in [0.3, 0.4) is 0 Å². The molecule has 0 bridgehead atoms. The Labute approximate surface area is 94.8 Å². The monoisotopic (exact) mass is 220 g/mol. The minimum Gasteiger partial charge on any atom is -0.310 e. The average Bonchev–Trinajstić information content (AvgIpc) is 2.23. The van der Waals surface area contributed by atoms with Crippen LogP contribution in [0.25, 0.3) is 0 Å². The molecule has 16 heavy (non-hydrogen) atoms. The highest BCUT2D eigenvalue weighted by Gasteiger charge is 2.24. The van der Waals surface area contributed by atoms with Gasteiger partial charge in [-0.05, 0) is 24.3 Å². The smallest absolute Gasteiger partial charge is 0.269 e. The van der Waals surface area contributed by atoms with E-state index in [1.807, 2.05) is 6.07 Å². The molecule has 0 aromatic heterocycles. The Morgan fingerprint density at radius 2 is 2.25 bits per heavy atom. The van der Waals surface area contributed by atoms with E-state index < -0.39 is 0 Å². The maximum Gasteiger partial charge on any atom is 0.269 e. The van der Waals surface area contributed by atoms with Gasteiger partial charge in [0.15, 0.2) is 0 Å². The van der Waals surface area contributed by atoms with E-state index in [0.29, 0.717) is 6.04 Å². The molecule has 1 saturated carbocycles. The Bertz CT molecular complexity index is 386. The van der Waals surface area contributed by atoms with Crippen molar-refractivity contribution in [3.05, 3.63) is 39.9 Å². The van der Waals surface area contributed by atoms with E-state index in [0.717, 1.165) is 18.0 Å². The molecule has 0 unspecified atom stereocenters. The second-order valence-electron chi connectivity index (χ2n) is 4.58. The van der Waals surface area contributed by atoms with Crippen LogP contribution in [0.4, 0.5) is 5.69 Å². The number of non-ortho nitro benzene ring substituents is 1. The van der Waals surface area contributed by atoms with Gasteiger partial charge in [0.1, 0.15) is 0 Å². The Morgan fingerprint density at radius 1 is 1.50 bits per heavy atom. The first-order valence-electron chi connectivity index (χ1n) is 5.62. The molecule has 4 nitrogen and oxygen atoms in total. The highest BCUT2D eigenvalue weighted by atomic mass is 16.6. The summed E-state index contributed by atoms with van der Waals surface area (Å²) in [4.78, 5) is 10.2. The van der Waals surface area contributed by atoms with Gasteiger partial charge in [-0.3, -0.25) is 10.1 Å². The molecule has 0 amide bonds. The maximum atomic E-state index is 10.6. The molecule has 0 atom stereocenters. The predicted molar refractivity (Wildman–Crippen MR) is 62.1 cm³/mol. The summed E-state index contributed by atoms with van der Waals surface area (Å²) in [5.41, 5.74) is 1.15. The first-order valence-corrected chi connectivity index (χ1v) is 5.62. The first kappa shape index (κ1) is 11.1. The van der Waals surface area contributed by atoms with Gasteiger partial charge in [0.05, 0.1) is 4.92 Å². The van der Waals surface area contributed by atoms with Crippen molar-refractivity contribution in [2.24, 2.45) is 5.92 Å². The zero-order valence-corrected chi connectivity index (χ0v) is 9.35. The van der Waals surface area contributed by atoms with E-state index in [2.05, 4.69) is 12.2 Å². The summed E-state index contributed by atoms with van der Waals surface area (Å²) in [5, 5.41) is 14.0. The van der Waals surface area contributed by atoms with Crippen molar-refractivity contribution in [2.45, 2.75) is 32.4 Å². The van der Waals surface area contributed by atoms with Crippen LogP contribution in [0.5, 0.6) is 0 Å². The zero-order valence-electron chi connectivity index (χ0n) is 9.35. The molecule has 0 saturated heterocycles. The number of nitrogens with one attached hydrogen (secondary N) is 1. The average molecular weight is 220 g/mol. The van der Waals surface area contributed by atoms with Crippen LogP contribution in [0.2, 0.25) is 0 Å². The van der Waals surface area contributed by atoms with Crippen LogP contribution in [0, 0.1) is 16.0 Å². The molecule has 1 aliphatic rings. The lowest BCUT2D eigenvalue weighted by molar-refractivity contribution is -0.384. The largest absolute Gasteiger partial charge is 0.310 e. The lowest BCUT2D eigenvalue weighted by Gasteiger charge is -2.33. The van der Waals surface area contributed by atoms with Crippen molar-refractivity contribution in [1.29, 1.82) is 0 Å². The standard InChI is InChI=1S/C12H16N2O2/c1-9-5-11(6-9)13-8-10-3-2-4-12(7-10)14(15)16/h2-4,7,9,11,13H,5-6,8H2,1H3. The van der Waals surface area contributed by atoms with Gasteiger partial charge in [-0.25, -0.2) is 0 Å². The van der Waals surface area contributed by atoms with Gasteiger partial charge in [-0.15, -0.1) is 0 Å². The van der Waals surface area contributed by atoms with Crippen LogP contribution in [-0.4, -0.2) is 11.0 Å². The third-order valence-corrected chi connectivity index (χ3v) is 3.09. The SMILES string of the molecule is CC1CC(NCc2cccc([N+](=O)[O-])c2)C1. The quantitative estimate of drug-likeness (QED) is 0.626. The highest BCUT2D eigenvalue weighted by molar-refractivity contribution is 5.34. The molecular weight excluding hydrogens is 204 g/mol. The van der Waals surface area contributed by atoms with Gasteiger partial charge >= 0.3 is 0 Å². The summed E-state index contributed by atoms with van der Waals surface area (Å²) in [6, 6.07) is 7.40. The molecule has 0 aliphatic heterocycles. The minimum absolute atomic E-state index is 0.168. The molecule has 1 fully saturated rings. The number of nitrogens with zero attached hydrogens (tertiary/aromatic N) is 1. The summed E-state index contributed by atoms with van der Waals surface area (Å²) >= 11 is 0. The Kier molecular flexibility index (Phi) is 3.19. The lowest BCUT2D eigenvalue weighted by Crippen LogP contribution is -2.39. The fourth-order valence-electron chi connectivity index (χ4n) is 2.11. The van der Waals surface area contributed by atoms with Crippen molar-refractivity contribution in [3.8, 4) is 0 Å². The summed E-state index contributed by atoms with van der Waals surface area (Å²) in [6.07, 6.45) is 2.43. The number of benzene rings is 1. The fraction of sp³-hybridized carbons (Fsp3) is 0.500. The number of hydrogen-bond donors (Lipinski definition) is 1. The Balaban J connectivity index is 1.89. The van der Waals surface area contributed by atoms with Crippen molar-refractivity contribution in [3.63, 3.8) is 0 Å². The van der Waals surface area contributed by atoms with Crippen LogP contribution in [-0.2, 0) is 6.54 Å². The molecule has 86 valence electrons. The number of nitro benzene ring substituents is 1. The number of nitro groups is 1. The molecule has 4 heteroatoms. The maximum absolute atomic E-state index is 10.6. The summed E-state index contributed by atoms with van der Waals surface area (Å²) in [7, 11) is 0. The summed E-state index contributed by atoms with van der Waals surface area (Å²) < 4.78 is 0. The molecule has 1 N–H and O–H groups in total. The van der Waals surface area contributed by atoms with Crippen LogP contribution < -0.4 is 5.32 Å². The second kappa shape index (κ2) is 4.61. The van der Waals surface area contributed by atoms with Crippen LogP contribution in [0.1, 0.15) is 25.3 Å². The number of hydrogen-bond acceptors (Lipinski definition) is 3. The van der Waals surface area contributed by atoms with Crippen LogP contribution >= 0.6 is 0 Å². The topological polar surface area (TPSA) is 55.2 Å². The van der Waals surface area contributed by atoms with E-state index in [1.165, 1.54) is 18.9 Å². The van der Waals surface area contributed by atoms with Gasteiger partial charge in [0, 0.05) is 24.7 Å². The van der Waals surface area contributed by atoms with Gasteiger partial charge in [-0.1, -0.05) is 19.1 Å². The Hall–Kier alpha value is -1.42. The normalized spacial score (nSPS) is 23.8. The van der Waals surface area contributed by atoms with E-state index >= 15 is 0 Å². The van der Waals surface area contributed by atoms with Gasteiger partial charge in [-0.2, -0.15) is 0 Å².